The van der Waals surface area contributed by atoms with Crippen LogP contribution in [0.1, 0.15) is 0 Å². The van der Waals surface area contributed by atoms with Crippen molar-refractivity contribution >= 4 is 21.9 Å². The summed E-state index contributed by atoms with van der Waals surface area (Å²) in [6.07, 6.45) is 6.05. The molecule has 78 valence electrons. The molecule has 1 aromatic rings. The fourth-order valence-corrected chi connectivity index (χ4v) is 2.47. The molecule has 0 saturated carbocycles. The molecule has 3 rings (SSSR count). The molecule has 1 aliphatic carbocycles. The van der Waals surface area contributed by atoms with Gasteiger partial charge in [-0.1, -0.05) is 18.2 Å². The molecule has 0 spiro atoms. The maximum atomic E-state index is 3.96. The molecule has 0 saturated heterocycles. The van der Waals surface area contributed by atoms with Crippen LogP contribution in [0.15, 0.2) is 74.6 Å². The van der Waals surface area contributed by atoms with Crippen LogP contribution in [0.2, 0.25) is 0 Å². The number of fused-ring (bicyclic) bond motifs is 1. The maximum absolute atomic E-state index is 3.96. The van der Waals surface area contributed by atoms with Gasteiger partial charge in [0.2, 0.25) is 0 Å². The van der Waals surface area contributed by atoms with Crippen molar-refractivity contribution in [3.05, 3.63) is 54.3 Å². The quantitative estimate of drug-likeness (QED) is 0.566. The number of allylic oxidation sites excluding steroid dienone is 3. The molecule has 0 aromatic heterocycles. The van der Waals surface area contributed by atoms with Gasteiger partial charge in [0.25, 0.3) is 0 Å². The van der Waals surface area contributed by atoms with E-state index in [1.165, 1.54) is 21.1 Å². The third-order valence-electron chi connectivity index (χ3n) is 2.28. The van der Waals surface area contributed by atoms with Crippen molar-refractivity contribution in [1.29, 1.82) is 0 Å². The summed E-state index contributed by atoms with van der Waals surface area (Å²) in [6, 6.07) is 10.3. The van der Waals surface area contributed by atoms with Crippen molar-refractivity contribution in [2.24, 2.45) is 15.4 Å². The molecule has 0 atom stereocenters. The molecule has 3 nitrogen and oxygen atoms in total. The van der Waals surface area contributed by atoms with Gasteiger partial charge in [-0.25, -0.2) is 0 Å². The van der Waals surface area contributed by atoms with Gasteiger partial charge in [0.15, 0.2) is 0 Å². The van der Waals surface area contributed by atoms with Gasteiger partial charge in [0, 0.05) is 4.86 Å². The van der Waals surface area contributed by atoms with Crippen LogP contribution in [0.3, 0.4) is 0 Å². The monoisotopic (exact) mass is 227 g/mol. The molecular weight excluding hydrogens is 218 g/mol. The second-order valence-corrected chi connectivity index (χ2v) is 4.67. The molecule has 16 heavy (non-hydrogen) atoms. The highest BCUT2D eigenvalue weighted by Gasteiger charge is 2.12. The van der Waals surface area contributed by atoms with Gasteiger partial charge >= 0.3 is 0 Å². The van der Waals surface area contributed by atoms with Crippen molar-refractivity contribution in [3.63, 3.8) is 0 Å². The van der Waals surface area contributed by atoms with Gasteiger partial charge < -0.3 is 0 Å². The summed E-state index contributed by atoms with van der Waals surface area (Å²) in [5.74, 6) is 0. The Kier molecular flexibility index (Phi) is 2.34. The maximum Gasteiger partial charge on any atom is 0.116 e. The van der Waals surface area contributed by atoms with E-state index in [1.54, 1.807) is 0 Å². The zero-order chi connectivity index (χ0) is 10.8. The lowest BCUT2D eigenvalue weighted by atomic mass is 10.1. The van der Waals surface area contributed by atoms with Crippen LogP contribution in [0.25, 0.3) is 0 Å². The van der Waals surface area contributed by atoms with E-state index in [4.69, 9.17) is 0 Å². The van der Waals surface area contributed by atoms with Crippen molar-refractivity contribution in [2.75, 3.05) is 0 Å². The zero-order valence-corrected chi connectivity index (χ0v) is 9.30. The lowest BCUT2D eigenvalue weighted by molar-refractivity contribution is 1.10. The minimum atomic E-state index is 0.854. The van der Waals surface area contributed by atoms with E-state index in [0.29, 0.717) is 0 Å². The number of thiol groups is 1. The molecule has 0 amide bonds. The van der Waals surface area contributed by atoms with Gasteiger partial charge in [0.05, 0.1) is 0 Å². The van der Waals surface area contributed by atoms with E-state index < -0.39 is 0 Å². The van der Waals surface area contributed by atoms with Crippen molar-refractivity contribution < 1.29 is 0 Å². The molecule has 2 aliphatic rings. The van der Waals surface area contributed by atoms with Crippen molar-refractivity contribution in [3.8, 4) is 0 Å². The van der Waals surface area contributed by atoms with E-state index in [-0.39, 0.29) is 0 Å². The smallest absolute Gasteiger partial charge is 0.116 e. The SMILES string of the molecule is C1=CC(=[SH]c2ccccc2)C=C2N=NN=C12. The van der Waals surface area contributed by atoms with Crippen LogP contribution in [0.5, 0.6) is 0 Å². The molecule has 0 radical (unpaired) electrons. The van der Waals surface area contributed by atoms with Crippen LogP contribution in [0.4, 0.5) is 0 Å². The first kappa shape index (κ1) is 9.42. The van der Waals surface area contributed by atoms with E-state index in [1.807, 2.05) is 30.4 Å². The predicted molar refractivity (Wildman–Crippen MR) is 68.2 cm³/mol. The Morgan fingerprint density at radius 1 is 1.00 bits per heavy atom. The molecule has 0 unspecified atom stereocenters. The van der Waals surface area contributed by atoms with E-state index in [2.05, 4.69) is 33.6 Å². The first-order valence-electron chi connectivity index (χ1n) is 4.94. The Balaban J connectivity index is 1.96. The number of benzene rings is 1. The first-order valence-corrected chi connectivity index (χ1v) is 5.84. The molecule has 4 heteroatoms. The summed E-state index contributed by atoms with van der Waals surface area (Å²) < 4.78 is 0. The Morgan fingerprint density at radius 2 is 1.88 bits per heavy atom. The third kappa shape index (κ3) is 1.79. The largest absolute Gasteiger partial charge is 0.162 e. The number of hydrogen-bond acceptors (Lipinski definition) is 3. The van der Waals surface area contributed by atoms with E-state index in [0.717, 1.165) is 11.4 Å². The fraction of sp³-hybridized carbons (Fsp3) is 0. The standard InChI is InChI=1S/C12H9N3S/c1-2-4-9(5-3-1)16-10-6-7-11-12(8-10)14-15-13-11/h1-8,16H. The zero-order valence-electron chi connectivity index (χ0n) is 8.41. The predicted octanol–water partition coefficient (Wildman–Crippen LogP) is 2.96. The van der Waals surface area contributed by atoms with Gasteiger partial charge in [-0.05, 0) is 40.5 Å². The van der Waals surface area contributed by atoms with E-state index in [9.17, 15) is 0 Å². The van der Waals surface area contributed by atoms with Crippen molar-refractivity contribution in [1.82, 2.24) is 0 Å². The first-order chi connectivity index (χ1) is 7.92. The summed E-state index contributed by atoms with van der Waals surface area (Å²) in [7, 11) is 0. The Labute approximate surface area is 96.9 Å². The lowest BCUT2D eigenvalue weighted by Gasteiger charge is -2.03. The van der Waals surface area contributed by atoms with Gasteiger partial charge in [-0.15, -0.1) is 10.2 Å². The topological polar surface area (TPSA) is 37.1 Å². The van der Waals surface area contributed by atoms with Crippen LogP contribution < -0.4 is 0 Å². The highest BCUT2D eigenvalue weighted by molar-refractivity contribution is 7.99. The average molecular weight is 227 g/mol. The molecule has 1 aliphatic heterocycles. The van der Waals surface area contributed by atoms with Gasteiger partial charge in [-0.3, -0.25) is 0 Å². The summed E-state index contributed by atoms with van der Waals surface area (Å²) in [4.78, 5) is 2.48. The van der Waals surface area contributed by atoms with Crippen molar-refractivity contribution in [2.45, 2.75) is 4.90 Å². The fourth-order valence-electron chi connectivity index (χ4n) is 1.52. The second-order valence-electron chi connectivity index (χ2n) is 3.41. The molecule has 0 N–H and O–H groups in total. The number of hydrogen-bond donors (Lipinski definition) is 1. The number of rotatable bonds is 1. The summed E-state index contributed by atoms with van der Waals surface area (Å²) in [5, 5.41) is 11.5. The lowest BCUT2D eigenvalue weighted by Crippen LogP contribution is -2.02. The van der Waals surface area contributed by atoms with Gasteiger partial charge in [-0.2, -0.15) is 11.4 Å². The third-order valence-corrected chi connectivity index (χ3v) is 3.37. The van der Waals surface area contributed by atoms with E-state index >= 15 is 0 Å². The molecule has 1 heterocycles. The summed E-state index contributed by atoms with van der Waals surface area (Å²) in [5.41, 5.74) is 1.72. The Bertz CT molecular complexity index is 565. The number of nitrogens with zero attached hydrogens (tertiary/aromatic N) is 3. The molecule has 0 bridgehead atoms. The highest BCUT2D eigenvalue weighted by atomic mass is 32.1. The Hall–Kier alpha value is -1.81. The minimum absolute atomic E-state index is 0.854. The van der Waals surface area contributed by atoms with Crippen LogP contribution in [0, 0.1) is 0 Å². The van der Waals surface area contributed by atoms with Crippen LogP contribution in [-0.4, -0.2) is 10.6 Å². The average Bonchev–Trinajstić information content (AvgIpc) is 2.77. The van der Waals surface area contributed by atoms with Gasteiger partial charge in [0.1, 0.15) is 11.4 Å². The highest BCUT2D eigenvalue weighted by Crippen LogP contribution is 2.19. The minimum Gasteiger partial charge on any atom is -0.162 e. The van der Waals surface area contributed by atoms with Crippen LogP contribution in [-0.2, 0) is 0 Å². The summed E-state index contributed by atoms with van der Waals surface area (Å²) >= 11 is 1.18. The summed E-state index contributed by atoms with van der Waals surface area (Å²) in [6.45, 7) is 0. The molecule has 1 aromatic carbocycles. The normalized spacial score (nSPS) is 20.1. The molecular formula is C12H9N3S. The second kappa shape index (κ2) is 3.98. The molecule has 0 fully saturated rings. The Morgan fingerprint density at radius 3 is 2.75 bits per heavy atom. The van der Waals surface area contributed by atoms with Crippen LogP contribution >= 0.6 is 11.4 Å².